The lowest BCUT2D eigenvalue weighted by Gasteiger charge is -2.22. The van der Waals surface area contributed by atoms with Crippen LogP contribution >= 0.6 is 11.8 Å². The summed E-state index contributed by atoms with van der Waals surface area (Å²) < 4.78 is 1.75. The Morgan fingerprint density at radius 1 is 1.11 bits per heavy atom. The topological polar surface area (TPSA) is 38.1 Å². The predicted molar refractivity (Wildman–Crippen MR) is 116 cm³/mol. The fourth-order valence-corrected chi connectivity index (χ4v) is 3.60. The Balaban J connectivity index is 2.12. The molecule has 1 heterocycles. The number of aromatic nitrogens is 2. The van der Waals surface area contributed by atoms with E-state index in [9.17, 15) is 4.79 Å². The van der Waals surface area contributed by atoms with Crippen molar-refractivity contribution in [1.82, 2.24) is 9.55 Å². The minimum Gasteiger partial charge on any atom is -0.364 e. The molecule has 3 aromatic rings. The van der Waals surface area contributed by atoms with Crippen molar-refractivity contribution in [2.75, 3.05) is 24.2 Å². The highest BCUT2D eigenvalue weighted by Crippen LogP contribution is 2.22. The number of benzene rings is 2. The number of hydrogen-bond donors (Lipinski definition) is 0. The lowest BCUT2D eigenvalue weighted by atomic mass is 10.2. The first-order valence-corrected chi connectivity index (χ1v) is 9.99. The van der Waals surface area contributed by atoms with Crippen LogP contribution in [0.25, 0.3) is 10.9 Å². The largest absolute Gasteiger partial charge is 0.364 e. The van der Waals surface area contributed by atoms with E-state index < -0.39 is 0 Å². The van der Waals surface area contributed by atoms with E-state index in [1.165, 1.54) is 11.8 Å². The van der Waals surface area contributed by atoms with E-state index in [1.807, 2.05) is 66.9 Å². The normalized spacial score (nSPS) is 10.7. The van der Waals surface area contributed by atoms with Crippen LogP contribution in [-0.4, -0.2) is 28.9 Å². The van der Waals surface area contributed by atoms with Gasteiger partial charge in [0, 0.05) is 18.8 Å². The monoisotopic (exact) mass is 377 g/mol. The number of hydrogen-bond acceptors (Lipinski definition) is 4. The zero-order valence-corrected chi connectivity index (χ0v) is 16.3. The first kappa shape index (κ1) is 19.0. The van der Waals surface area contributed by atoms with E-state index in [1.54, 1.807) is 4.57 Å². The standard InChI is InChI=1S/C22H23N3OS/c1-4-13-24(14-5-2)18-11-12-20-19(15-18)21(26)25(22(23-20)27-3)16-17-9-7-6-8-10-17/h4-12,15H,1-2,13-14,16H2,3H3. The van der Waals surface area contributed by atoms with Gasteiger partial charge in [-0.2, -0.15) is 0 Å². The van der Waals surface area contributed by atoms with E-state index in [0.717, 1.165) is 21.9 Å². The Hall–Kier alpha value is -2.79. The average molecular weight is 378 g/mol. The van der Waals surface area contributed by atoms with Gasteiger partial charge in [-0.05, 0) is 30.0 Å². The number of nitrogens with zero attached hydrogens (tertiary/aromatic N) is 3. The second kappa shape index (κ2) is 8.73. The summed E-state index contributed by atoms with van der Waals surface area (Å²) >= 11 is 1.49. The van der Waals surface area contributed by atoms with Gasteiger partial charge in [-0.1, -0.05) is 54.2 Å². The third kappa shape index (κ3) is 4.14. The molecule has 0 amide bonds. The average Bonchev–Trinajstić information content (AvgIpc) is 2.70. The summed E-state index contributed by atoms with van der Waals surface area (Å²) in [5.74, 6) is 0. The quantitative estimate of drug-likeness (QED) is 0.332. The summed E-state index contributed by atoms with van der Waals surface area (Å²) in [5, 5.41) is 1.34. The molecule has 2 aromatic carbocycles. The van der Waals surface area contributed by atoms with Crippen molar-refractivity contribution < 1.29 is 0 Å². The summed E-state index contributed by atoms with van der Waals surface area (Å²) in [7, 11) is 0. The van der Waals surface area contributed by atoms with E-state index in [-0.39, 0.29) is 5.56 Å². The van der Waals surface area contributed by atoms with Crippen molar-refractivity contribution in [1.29, 1.82) is 0 Å². The van der Waals surface area contributed by atoms with Crippen molar-refractivity contribution in [2.45, 2.75) is 11.7 Å². The molecule has 0 saturated heterocycles. The first-order chi connectivity index (χ1) is 13.2. The SMILES string of the molecule is C=CCN(CC=C)c1ccc2nc(SC)n(Cc3ccccc3)c(=O)c2c1. The van der Waals surface area contributed by atoms with E-state index in [0.29, 0.717) is 25.0 Å². The highest BCUT2D eigenvalue weighted by atomic mass is 32.2. The molecule has 0 saturated carbocycles. The number of fused-ring (bicyclic) bond motifs is 1. The molecule has 0 unspecified atom stereocenters. The summed E-state index contributed by atoms with van der Waals surface area (Å²) in [4.78, 5) is 20.1. The second-order valence-corrected chi connectivity index (χ2v) is 6.93. The van der Waals surface area contributed by atoms with Crippen molar-refractivity contribution in [3.63, 3.8) is 0 Å². The molecule has 138 valence electrons. The Labute approximate surface area is 163 Å². The molecular weight excluding hydrogens is 354 g/mol. The zero-order valence-electron chi connectivity index (χ0n) is 15.5. The molecule has 4 nitrogen and oxygen atoms in total. The van der Waals surface area contributed by atoms with Crippen molar-refractivity contribution in [3.8, 4) is 0 Å². The van der Waals surface area contributed by atoms with E-state index in [2.05, 4.69) is 18.1 Å². The summed E-state index contributed by atoms with van der Waals surface area (Å²) in [5.41, 5.74) is 2.73. The third-order valence-corrected chi connectivity index (χ3v) is 5.01. The number of anilines is 1. The molecule has 3 rings (SSSR count). The molecule has 0 atom stereocenters. The van der Waals surface area contributed by atoms with Gasteiger partial charge in [-0.15, -0.1) is 13.2 Å². The smallest absolute Gasteiger partial charge is 0.262 e. The Kier molecular flexibility index (Phi) is 6.14. The molecule has 1 aromatic heterocycles. The molecule has 0 N–H and O–H groups in total. The molecule has 0 fully saturated rings. The summed E-state index contributed by atoms with van der Waals surface area (Å²) in [6, 6.07) is 15.8. The fourth-order valence-electron chi connectivity index (χ4n) is 3.04. The Morgan fingerprint density at radius 3 is 2.44 bits per heavy atom. The zero-order chi connectivity index (χ0) is 19.2. The third-order valence-electron chi connectivity index (χ3n) is 4.33. The van der Waals surface area contributed by atoms with Gasteiger partial charge >= 0.3 is 0 Å². The maximum atomic E-state index is 13.3. The van der Waals surface area contributed by atoms with Gasteiger partial charge in [-0.25, -0.2) is 4.98 Å². The molecule has 0 aliphatic rings. The van der Waals surface area contributed by atoms with Crippen LogP contribution < -0.4 is 10.5 Å². The van der Waals surface area contributed by atoms with Gasteiger partial charge in [0.15, 0.2) is 5.16 Å². The van der Waals surface area contributed by atoms with Crippen LogP contribution in [0.3, 0.4) is 0 Å². The maximum absolute atomic E-state index is 13.3. The van der Waals surface area contributed by atoms with Gasteiger partial charge in [0.25, 0.3) is 5.56 Å². The van der Waals surface area contributed by atoms with E-state index >= 15 is 0 Å². The lowest BCUT2D eigenvalue weighted by molar-refractivity contribution is 0.659. The van der Waals surface area contributed by atoms with Crippen LogP contribution in [-0.2, 0) is 6.54 Å². The molecule has 0 spiro atoms. The predicted octanol–water partition coefficient (Wildman–Crippen LogP) is 4.35. The van der Waals surface area contributed by atoms with Gasteiger partial charge in [0.05, 0.1) is 17.4 Å². The van der Waals surface area contributed by atoms with Crippen molar-refractivity contribution in [2.24, 2.45) is 0 Å². The highest BCUT2D eigenvalue weighted by Gasteiger charge is 2.13. The van der Waals surface area contributed by atoms with Crippen LogP contribution in [0, 0.1) is 0 Å². The Morgan fingerprint density at radius 2 is 1.81 bits per heavy atom. The molecule has 0 bridgehead atoms. The van der Waals surface area contributed by atoms with Crippen molar-refractivity contribution >= 4 is 28.4 Å². The highest BCUT2D eigenvalue weighted by molar-refractivity contribution is 7.98. The van der Waals surface area contributed by atoms with Crippen LogP contribution in [0.1, 0.15) is 5.56 Å². The van der Waals surface area contributed by atoms with Gasteiger partial charge < -0.3 is 4.90 Å². The van der Waals surface area contributed by atoms with Gasteiger partial charge in [-0.3, -0.25) is 9.36 Å². The maximum Gasteiger partial charge on any atom is 0.262 e. The summed E-state index contributed by atoms with van der Waals surface area (Å²) in [6.07, 6.45) is 5.63. The molecule has 0 aliphatic heterocycles. The molecule has 0 aliphatic carbocycles. The van der Waals surface area contributed by atoms with Gasteiger partial charge in [0.2, 0.25) is 0 Å². The van der Waals surface area contributed by atoms with Crippen LogP contribution in [0.4, 0.5) is 5.69 Å². The molecule has 5 heteroatoms. The fraction of sp³-hybridized carbons (Fsp3) is 0.182. The van der Waals surface area contributed by atoms with Crippen molar-refractivity contribution in [3.05, 3.63) is 89.8 Å². The number of rotatable bonds is 8. The number of thioether (sulfide) groups is 1. The minimum absolute atomic E-state index is 0.0211. The van der Waals surface area contributed by atoms with Crippen LogP contribution in [0.15, 0.2) is 83.8 Å². The van der Waals surface area contributed by atoms with Gasteiger partial charge in [0.1, 0.15) is 0 Å². The lowest BCUT2D eigenvalue weighted by Crippen LogP contribution is -2.26. The molecular formula is C22H23N3OS. The molecule has 27 heavy (non-hydrogen) atoms. The van der Waals surface area contributed by atoms with E-state index in [4.69, 9.17) is 4.98 Å². The summed E-state index contributed by atoms with van der Waals surface area (Å²) in [6.45, 7) is 9.51. The Bertz CT molecular complexity index is 1000. The molecule has 0 radical (unpaired) electrons. The van der Waals surface area contributed by atoms with Crippen LogP contribution in [0.5, 0.6) is 0 Å². The minimum atomic E-state index is -0.0211. The second-order valence-electron chi connectivity index (χ2n) is 6.16. The van der Waals surface area contributed by atoms with Crippen LogP contribution in [0.2, 0.25) is 0 Å². The first-order valence-electron chi connectivity index (χ1n) is 8.77.